The van der Waals surface area contributed by atoms with Crippen LogP contribution in [0.25, 0.3) is 21.8 Å². The van der Waals surface area contributed by atoms with Crippen LogP contribution in [-0.2, 0) is 0 Å². The molecule has 1 aliphatic rings. The van der Waals surface area contributed by atoms with E-state index < -0.39 is 0 Å². The maximum Gasteiger partial charge on any atom is 0.331 e. The summed E-state index contributed by atoms with van der Waals surface area (Å²) in [5.74, 6) is 1.36. The van der Waals surface area contributed by atoms with E-state index >= 15 is 0 Å². The minimum absolute atomic E-state index is 0.0874. The second-order valence-corrected chi connectivity index (χ2v) is 6.31. The molecule has 2 amide bonds. The highest BCUT2D eigenvalue weighted by atomic mass is 16.2. The molecule has 1 fully saturated rings. The molecule has 4 aromatic rings. The van der Waals surface area contributed by atoms with Crippen molar-refractivity contribution in [1.82, 2.24) is 9.97 Å². The number of anilines is 2. The summed E-state index contributed by atoms with van der Waals surface area (Å²) in [6.45, 7) is 1.19. The molecule has 0 saturated carbocycles. The Morgan fingerprint density at radius 2 is 1.08 bits per heavy atom. The molecule has 1 saturated heterocycles. The third-order valence-corrected chi connectivity index (χ3v) is 4.73. The molecule has 2 aromatic carbocycles. The van der Waals surface area contributed by atoms with Crippen molar-refractivity contribution in [2.24, 2.45) is 0 Å². The smallest absolute Gasteiger partial charge is 0.276 e. The van der Waals surface area contributed by atoms with Gasteiger partial charge >= 0.3 is 6.03 Å². The summed E-state index contributed by atoms with van der Waals surface area (Å²) in [5, 5.41) is 2.13. The van der Waals surface area contributed by atoms with E-state index in [1.807, 2.05) is 72.8 Å². The minimum atomic E-state index is -0.0874. The molecule has 0 aliphatic carbocycles. The zero-order valence-electron chi connectivity index (χ0n) is 14.0. The van der Waals surface area contributed by atoms with Gasteiger partial charge in [0.25, 0.3) is 0 Å². The Hall–Kier alpha value is -3.47. The molecular formula is C21H16N4O. The number of para-hydroxylation sites is 2. The van der Waals surface area contributed by atoms with Crippen molar-refractivity contribution in [3.63, 3.8) is 0 Å². The fourth-order valence-corrected chi connectivity index (χ4v) is 3.37. The Bertz CT molecular complexity index is 1050. The van der Waals surface area contributed by atoms with Crippen molar-refractivity contribution in [2.45, 2.75) is 0 Å². The zero-order chi connectivity index (χ0) is 17.5. The Balaban J connectivity index is 1.48. The number of benzene rings is 2. The first-order chi connectivity index (χ1) is 12.8. The third kappa shape index (κ3) is 2.37. The van der Waals surface area contributed by atoms with E-state index in [0.717, 1.165) is 21.8 Å². The molecule has 3 heterocycles. The van der Waals surface area contributed by atoms with Crippen molar-refractivity contribution < 1.29 is 4.79 Å². The van der Waals surface area contributed by atoms with Crippen LogP contribution in [-0.4, -0.2) is 29.1 Å². The molecule has 5 rings (SSSR count). The second-order valence-electron chi connectivity index (χ2n) is 6.31. The van der Waals surface area contributed by atoms with Gasteiger partial charge in [0.15, 0.2) is 0 Å². The third-order valence-electron chi connectivity index (χ3n) is 4.73. The van der Waals surface area contributed by atoms with Gasteiger partial charge in [0, 0.05) is 23.9 Å². The number of carbonyl (C=O) groups is 1. The Kier molecular flexibility index (Phi) is 3.31. The fourth-order valence-electron chi connectivity index (χ4n) is 3.37. The van der Waals surface area contributed by atoms with E-state index in [9.17, 15) is 4.79 Å². The number of aromatic nitrogens is 2. The monoisotopic (exact) mass is 340 g/mol. The van der Waals surface area contributed by atoms with Gasteiger partial charge < -0.3 is 0 Å². The Labute approximate surface area is 150 Å². The molecule has 26 heavy (non-hydrogen) atoms. The number of carbonyl (C=O) groups excluding carboxylic acids is 1. The van der Waals surface area contributed by atoms with Gasteiger partial charge in [-0.2, -0.15) is 0 Å². The summed E-state index contributed by atoms with van der Waals surface area (Å²) < 4.78 is 0. The average molecular weight is 340 g/mol. The molecule has 0 spiro atoms. The van der Waals surface area contributed by atoms with Gasteiger partial charge in [-0.25, -0.2) is 14.8 Å². The van der Waals surface area contributed by atoms with Crippen LogP contribution < -0.4 is 9.80 Å². The van der Waals surface area contributed by atoms with Crippen LogP contribution in [0.3, 0.4) is 0 Å². The van der Waals surface area contributed by atoms with Gasteiger partial charge in [0.1, 0.15) is 11.6 Å². The molecular weight excluding hydrogens is 324 g/mol. The average Bonchev–Trinajstić information content (AvgIpc) is 3.08. The van der Waals surface area contributed by atoms with Gasteiger partial charge in [-0.1, -0.05) is 36.4 Å². The van der Waals surface area contributed by atoms with Crippen molar-refractivity contribution in [3.8, 4) is 0 Å². The lowest BCUT2D eigenvalue weighted by Crippen LogP contribution is -2.32. The van der Waals surface area contributed by atoms with E-state index in [1.54, 1.807) is 9.80 Å². The van der Waals surface area contributed by atoms with Crippen molar-refractivity contribution in [3.05, 3.63) is 72.8 Å². The SMILES string of the molecule is O=C1N(c2ccc3ccccc3n2)CCN1c1ccc2ccccc2n1. The molecule has 0 atom stereocenters. The zero-order valence-corrected chi connectivity index (χ0v) is 14.0. The molecule has 0 N–H and O–H groups in total. The minimum Gasteiger partial charge on any atom is -0.276 e. The number of urea groups is 1. The topological polar surface area (TPSA) is 49.3 Å². The van der Waals surface area contributed by atoms with Crippen LogP contribution in [0.15, 0.2) is 72.8 Å². The summed E-state index contributed by atoms with van der Waals surface area (Å²) in [4.78, 5) is 25.7. The maximum atomic E-state index is 13.0. The number of nitrogens with zero attached hydrogens (tertiary/aromatic N) is 4. The summed E-state index contributed by atoms with van der Waals surface area (Å²) in [6.07, 6.45) is 0. The second kappa shape index (κ2) is 5.81. The lowest BCUT2D eigenvalue weighted by Gasteiger charge is -2.18. The normalized spacial score (nSPS) is 14.5. The van der Waals surface area contributed by atoms with E-state index in [2.05, 4.69) is 9.97 Å². The number of hydrogen-bond donors (Lipinski definition) is 0. The molecule has 126 valence electrons. The Morgan fingerprint density at radius 3 is 1.58 bits per heavy atom. The predicted molar refractivity (Wildman–Crippen MR) is 104 cm³/mol. The van der Waals surface area contributed by atoms with Crippen molar-refractivity contribution >= 4 is 39.5 Å². The summed E-state index contributed by atoms with van der Waals surface area (Å²) in [6, 6.07) is 23.5. The highest BCUT2D eigenvalue weighted by molar-refractivity contribution is 6.05. The summed E-state index contributed by atoms with van der Waals surface area (Å²) in [5.41, 5.74) is 1.78. The first kappa shape index (κ1) is 14.8. The van der Waals surface area contributed by atoms with Crippen molar-refractivity contribution in [1.29, 1.82) is 0 Å². The van der Waals surface area contributed by atoms with E-state index in [-0.39, 0.29) is 6.03 Å². The van der Waals surface area contributed by atoms with Gasteiger partial charge in [0.2, 0.25) is 0 Å². The van der Waals surface area contributed by atoms with E-state index in [1.165, 1.54) is 0 Å². The number of hydrogen-bond acceptors (Lipinski definition) is 3. The predicted octanol–water partition coefficient (Wildman–Crippen LogP) is 4.23. The highest BCUT2D eigenvalue weighted by Crippen LogP contribution is 2.26. The quantitative estimate of drug-likeness (QED) is 0.549. The fraction of sp³-hybridized carbons (Fsp3) is 0.0952. The largest absolute Gasteiger partial charge is 0.331 e. The number of amides is 2. The number of rotatable bonds is 2. The van der Waals surface area contributed by atoms with Gasteiger partial charge in [0.05, 0.1) is 11.0 Å². The van der Waals surface area contributed by atoms with Gasteiger partial charge in [-0.05, 0) is 36.4 Å². The first-order valence-electron chi connectivity index (χ1n) is 8.60. The molecule has 2 aromatic heterocycles. The molecule has 5 heteroatoms. The van der Waals surface area contributed by atoms with Crippen LogP contribution >= 0.6 is 0 Å². The van der Waals surface area contributed by atoms with Gasteiger partial charge in [-0.15, -0.1) is 0 Å². The lowest BCUT2D eigenvalue weighted by molar-refractivity contribution is 0.255. The summed E-state index contributed by atoms with van der Waals surface area (Å²) in [7, 11) is 0. The number of pyridine rings is 2. The van der Waals surface area contributed by atoms with Crippen LogP contribution in [0.5, 0.6) is 0 Å². The molecule has 1 aliphatic heterocycles. The van der Waals surface area contributed by atoms with Crippen LogP contribution in [0.2, 0.25) is 0 Å². The van der Waals surface area contributed by atoms with Gasteiger partial charge in [-0.3, -0.25) is 9.80 Å². The standard InChI is InChI=1S/C21H16N4O/c26-21-24(19-11-9-15-5-1-3-7-17(15)22-19)13-14-25(21)20-12-10-16-6-2-4-8-18(16)23-20/h1-12H,13-14H2. The Morgan fingerprint density at radius 1 is 0.615 bits per heavy atom. The van der Waals surface area contributed by atoms with Crippen molar-refractivity contribution in [2.75, 3.05) is 22.9 Å². The number of fused-ring (bicyclic) bond motifs is 2. The molecule has 5 nitrogen and oxygen atoms in total. The van der Waals surface area contributed by atoms with Crippen LogP contribution in [0.4, 0.5) is 16.4 Å². The van der Waals surface area contributed by atoms with Crippen LogP contribution in [0, 0.1) is 0 Å². The van der Waals surface area contributed by atoms with E-state index in [4.69, 9.17) is 0 Å². The molecule has 0 unspecified atom stereocenters. The first-order valence-corrected chi connectivity index (χ1v) is 8.60. The summed E-state index contributed by atoms with van der Waals surface area (Å²) >= 11 is 0. The molecule has 0 radical (unpaired) electrons. The van der Waals surface area contributed by atoms with E-state index in [0.29, 0.717) is 24.7 Å². The highest BCUT2D eigenvalue weighted by Gasteiger charge is 2.32. The lowest BCUT2D eigenvalue weighted by atomic mass is 10.2. The van der Waals surface area contributed by atoms with Crippen LogP contribution in [0.1, 0.15) is 0 Å². The maximum absolute atomic E-state index is 13.0. The molecule has 0 bridgehead atoms.